The smallest absolute Gasteiger partial charge is 0.180 e. The standard InChI is InChI=1S/C11H12N2O2S/c1-14-7-3-4-9(15-2)8(5-7)10-6-13-11(12)16-10/h3-6H,1-2H3,(H2,12,13). The maximum Gasteiger partial charge on any atom is 0.180 e. The highest BCUT2D eigenvalue weighted by Gasteiger charge is 2.10. The highest BCUT2D eigenvalue weighted by atomic mass is 32.1. The second-order valence-corrected chi connectivity index (χ2v) is 4.19. The molecule has 0 spiro atoms. The van der Waals surface area contributed by atoms with Crippen LogP contribution >= 0.6 is 11.3 Å². The summed E-state index contributed by atoms with van der Waals surface area (Å²) >= 11 is 1.42. The topological polar surface area (TPSA) is 57.4 Å². The van der Waals surface area contributed by atoms with Crippen molar-refractivity contribution in [1.82, 2.24) is 4.98 Å². The van der Waals surface area contributed by atoms with Gasteiger partial charge >= 0.3 is 0 Å². The van der Waals surface area contributed by atoms with Gasteiger partial charge in [-0.1, -0.05) is 11.3 Å². The molecule has 0 bridgehead atoms. The Labute approximate surface area is 97.6 Å². The minimum Gasteiger partial charge on any atom is -0.497 e. The van der Waals surface area contributed by atoms with Crippen molar-refractivity contribution in [1.29, 1.82) is 0 Å². The fourth-order valence-electron chi connectivity index (χ4n) is 1.42. The number of nitrogens with two attached hydrogens (primary N) is 1. The molecule has 5 heteroatoms. The van der Waals surface area contributed by atoms with Crippen LogP contribution in [0.2, 0.25) is 0 Å². The normalized spacial score (nSPS) is 10.1. The van der Waals surface area contributed by atoms with Gasteiger partial charge in [0, 0.05) is 11.8 Å². The highest BCUT2D eigenvalue weighted by molar-refractivity contribution is 7.18. The summed E-state index contributed by atoms with van der Waals surface area (Å²) < 4.78 is 10.5. The number of nitrogen functional groups attached to an aromatic ring is 1. The zero-order valence-corrected chi connectivity index (χ0v) is 9.88. The van der Waals surface area contributed by atoms with Crippen LogP contribution in [0.25, 0.3) is 10.4 Å². The van der Waals surface area contributed by atoms with E-state index in [4.69, 9.17) is 15.2 Å². The first-order chi connectivity index (χ1) is 7.74. The number of aromatic nitrogens is 1. The lowest BCUT2D eigenvalue weighted by Crippen LogP contribution is -1.88. The maximum atomic E-state index is 5.61. The van der Waals surface area contributed by atoms with E-state index in [1.54, 1.807) is 20.4 Å². The Kier molecular flexibility index (Phi) is 2.96. The molecule has 0 aliphatic rings. The van der Waals surface area contributed by atoms with Crippen molar-refractivity contribution >= 4 is 16.5 Å². The molecule has 16 heavy (non-hydrogen) atoms. The lowest BCUT2D eigenvalue weighted by atomic mass is 10.1. The predicted octanol–water partition coefficient (Wildman–Crippen LogP) is 2.41. The van der Waals surface area contributed by atoms with Gasteiger partial charge < -0.3 is 15.2 Å². The van der Waals surface area contributed by atoms with Crippen LogP contribution in [0.5, 0.6) is 11.5 Å². The molecule has 4 nitrogen and oxygen atoms in total. The van der Waals surface area contributed by atoms with Crippen LogP contribution in [0, 0.1) is 0 Å². The van der Waals surface area contributed by atoms with Crippen LogP contribution in [-0.4, -0.2) is 19.2 Å². The molecule has 0 aliphatic heterocycles. The summed E-state index contributed by atoms with van der Waals surface area (Å²) in [5.41, 5.74) is 6.55. The van der Waals surface area contributed by atoms with Crippen molar-refractivity contribution in [3.63, 3.8) is 0 Å². The molecule has 1 heterocycles. The molecule has 0 saturated heterocycles. The Morgan fingerprint density at radius 2 is 2.06 bits per heavy atom. The van der Waals surface area contributed by atoms with Gasteiger partial charge in [0.05, 0.1) is 19.1 Å². The van der Waals surface area contributed by atoms with E-state index in [0.29, 0.717) is 5.13 Å². The second-order valence-electron chi connectivity index (χ2n) is 3.13. The van der Waals surface area contributed by atoms with Crippen molar-refractivity contribution < 1.29 is 9.47 Å². The Morgan fingerprint density at radius 3 is 2.62 bits per heavy atom. The van der Waals surface area contributed by atoms with Crippen LogP contribution in [0.4, 0.5) is 5.13 Å². The minimum atomic E-state index is 0.542. The summed E-state index contributed by atoms with van der Waals surface area (Å²) in [6.07, 6.45) is 1.73. The number of methoxy groups -OCH3 is 2. The Hall–Kier alpha value is -1.75. The molecule has 1 aromatic heterocycles. The van der Waals surface area contributed by atoms with Crippen molar-refractivity contribution in [3.8, 4) is 21.9 Å². The van der Waals surface area contributed by atoms with E-state index in [9.17, 15) is 0 Å². The number of hydrogen-bond acceptors (Lipinski definition) is 5. The van der Waals surface area contributed by atoms with Crippen LogP contribution < -0.4 is 15.2 Å². The number of benzene rings is 1. The van der Waals surface area contributed by atoms with E-state index in [0.717, 1.165) is 21.9 Å². The van der Waals surface area contributed by atoms with Gasteiger partial charge in [0.2, 0.25) is 0 Å². The molecule has 84 valence electrons. The molecule has 0 radical (unpaired) electrons. The maximum absolute atomic E-state index is 5.61. The zero-order valence-electron chi connectivity index (χ0n) is 9.06. The van der Waals surface area contributed by atoms with Gasteiger partial charge in [0.25, 0.3) is 0 Å². The highest BCUT2D eigenvalue weighted by Crippen LogP contribution is 2.36. The van der Waals surface area contributed by atoms with Gasteiger partial charge in [-0.05, 0) is 18.2 Å². The quantitative estimate of drug-likeness (QED) is 0.889. The molecule has 0 amide bonds. The van der Waals surface area contributed by atoms with E-state index in [1.165, 1.54) is 11.3 Å². The molecule has 0 saturated carbocycles. The largest absolute Gasteiger partial charge is 0.497 e. The monoisotopic (exact) mass is 236 g/mol. The van der Waals surface area contributed by atoms with Gasteiger partial charge in [-0.25, -0.2) is 4.98 Å². The molecule has 0 unspecified atom stereocenters. The molecule has 0 aliphatic carbocycles. The van der Waals surface area contributed by atoms with Crippen LogP contribution in [0.3, 0.4) is 0 Å². The van der Waals surface area contributed by atoms with Crippen LogP contribution in [0.15, 0.2) is 24.4 Å². The SMILES string of the molecule is COc1ccc(OC)c(-c2cnc(N)s2)c1. The summed E-state index contributed by atoms with van der Waals surface area (Å²) in [7, 11) is 3.27. The van der Waals surface area contributed by atoms with E-state index >= 15 is 0 Å². The molecule has 2 rings (SSSR count). The Balaban J connectivity index is 2.52. The first-order valence-corrected chi connectivity index (χ1v) is 5.50. The first kappa shape index (κ1) is 10.8. The molecular weight excluding hydrogens is 224 g/mol. The fourth-order valence-corrected chi connectivity index (χ4v) is 2.12. The predicted molar refractivity (Wildman–Crippen MR) is 65.1 cm³/mol. The third-order valence-electron chi connectivity index (χ3n) is 2.20. The summed E-state index contributed by atoms with van der Waals surface area (Å²) in [6, 6.07) is 5.63. The molecular formula is C11H12N2O2S. The van der Waals surface area contributed by atoms with E-state index in [-0.39, 0.29) is 0 Å². The number of ether oxygens (including phenoxy) is 2. The molecule has 1 aromatic carbocycles. The van der Waals surface area contributed by atoms with Gasteiger partial charge in [-0.2, -0.15) is 0 Å². The number of thiazole rings is 1. The minimum absolute atomic E-state index is 0.542. The molecule has 0 atom stereocenters. The average Bonchev–Trinajstić information content (AvgIpc) is 2.75. The first-order valence-electron chi connectivity index (χ1n) is 4.68. The van der Waals surface area contributed by atoms with Gasteiger partial charge in [-0.3, -0.25) is 0 Å². The summed E-state index contributed by atoms with van der Waals surface area (Å²) in [5, 5.41) is 0.542. The van der Waals surface area contributed by atoms with Crippen molar-refractivity contribution in [2.24, 2.45) is 0 Å². The van der Waals surface area contributed by atoms with Gasteiger partial charge in [-0.15, -0.1) is 0 Å². The lowest BCUT2D eigenvalue weighted by Gasteiger charge is -2.08. The number of anilines is 1. The van der Waals surface area contributed by atoms with Crippen LogP contribution in [0.1, 0.15) is 0 Å². The zero-order chi connectivity index (χ0) is 11.5. The number of rotatable bonds is 3. The van der Waals surface area contributed by atoms with Crippen molar-refractivity contribution in [3.05, 3.63) is 24.4 Å². The molecule has 2 aromatic rings. The summed E-state index contributed by atoms with van der Waals surface area (Å²) in [5.74, 6) is 1.56. The average molecular weight is 236 g/mol. The van der Waals surface area contributed by atoms with E-state index in [2.05, 4.69) is 4.98 Å². The van der Waals surface area contributed by atoms with Gasteiger partial charge in [0.1, 0.15) is 11.5 Å². The van der Waals surface area contributed by atoms with Crippen molar-refractivity contribution in [2.45, 2.75) is 0 Å². The number of nitrogens with zero attached hydrogens (tertiary/aromatic N) is 1. The molecule has 0 fully saturated rings. The fraction of sp³-hybridized carbons (Fsp3) is 0.182. The lowest BCUT2D eigenvalue weighted by molar-refractivity contribution is 0.404. The summed E-state index contributed by atoms with van der Waals surface area (Å²) in [4.78, 5) is 4.99. The third-order valence-corrected chi connectivity index (χ3v) is 3.06. The second kappa shape index (κ2) is 4.40. The molecule has 2 N–H and O–H groups in total. The Morgan fingerprint density at radius 1 is 1.25 bits per heavy atom. The number of hydrogen-bond donors (Lipinski definition) is 1. The van der Waals surface area contributed by atoms with Gasteiger partial charge in [0.15, 0.2) is 5.13 Å². The van der Waals surface area contributed by atoms with E-state index < -0.39 is 0 Å². The van der Waals surface area contributed by atoms with E-state index in [1.807, 2.05) is 18.2 Å². The van der Waals surface area contributed by atoms with Crippen molar-refractivity contribution in [2.75, 3.05) is 20.0 Å². The summed E-state index contributed by atoms with van der Waals surface area (Å²) in [6.45, 7) is 0. The Bertz CT molecular complexity index is 496. The van der Waals surface area contributed by atoms with Crippen LogP contribution in [-0.2, 0) is 0 Å². The third kappa shape index (κ3) is 1.94.